The number of halogens is 1. The summed E-state index contributed by atoms with van der Waals surface area (Å²) in [4.78, 5) is 72.2. The zero-order valence-corrected chi connectivity index (χ0v) is 24.5. The highest BCUT2D eigenvalue weighted by molar-refractivity contribution is 8.00. The number of ether oxygens (including phenoxy) is 3. The van der Waals surface area contributed by atoms with Crippen LogP contribution in [0.5, 0.6) is 0 Å². The molecule has 4 atom stereocenters. The fourth-order valence-electron chi connectivity index (χ4n) is 3.28. The number of hydrogen-bond acceptors (Lipinski definition) is 14. The van der Waals surface area contributed by atoms with Gasteiger partial charge in [-0.1, -0.05) is 5.16 Å². The Morgan fingerprint density at radius 1 is 1.18 bits per heavy atom. The summed E-state index contributed by atoms with van der Waals surface area (Å²) in [6.07, 6.45) is -1.18. The topological polar surface area (TPSA) is 201 Å². The van der Waals surface area contributed by atoms with E-state index < -0.39 is 59.7 Å². The van der Waals surface area contributed by atoms with Crippen molar-refractivity contribution in [1.82, 2.24) is 15.2 Å². The highest BCUT2D eigenvalue weighted by atomic mass is 35.5. The number of thioether (sulfide) groups is 1. The third-order valence-corrected chi connectivity index (χ3v) is 6.94. The van der Waals surface area contributed by atoms with Crippen molar-refractivity contribution in [2.45, 2.75) is 57.5 Å². The lowest BCUT2D eigenvalue weighted by Crippen LogP contribution is -2.70. The minimum Gasteiger partial charge on any atom is -0.431 e. The van der Waals surface area contributed by atoms with Crippen molar-refractivity contribution in [3.63, 3.8) is 0 Å². The van der Waals surface area contributed by atoms with Crippen LogP contribution in [0.2, 0.25) is 0 Å². The number of nitrogens with one attached hydrogen (secondary N) is 2. The summed E-state index contributed by atoms with van der Waals surface area (Å²) in [6, 6.07) is -1.74. The van der Waals surface area contributed by atoms with Crippen molar-refractivity contribution in [3.8, 4) is 0 Å². The number of anilines is 1. The van der Waals surface area contributed by atoms with Crippen LogP contribution in [-0.4, -0.2) is 88.2 Å². The molecule has 3 heterocycles. The first kappa shape index (κ1) is 32.8. The molecule has 0 aliphatic carbocycles. The standard InChI is InChI=1S/C22H28N6O9S2.ClH/c1-9(2)35-22(33)37-11(4)36-20(32)13-6-7-38-19-15(18(31)28(13)19)25-17(30)14(27-34-5)12-8-39-21(24-12)26-16(29)10(3)23;/h6,8-11,15,19H,7,23H2,1-5H3,(H,25,30)(H,24,26,29);1H/t10-,11?,15?,19+;/m0./s1. The molecule has 15 nitrogen and oxygen atoms in total. The molecule has 1 fully saturated rings. The molecule has 1 saturated heterocycles. The number of β-lactam (4-membered cyclic amide) rings is 1. The number of rotatable bonds is 10. The van der Waals surface area contributed by atoms with Gasteiger partial charge in [-0.05, 0) is 26.8 Å². The monoisotopic (exact) mass is 620 g/mol. The lowest BCUT2D eigenvalue weighted by Gasteiger charge is -2.48. The molecule has 0 spiro atoms. The van der Waals surface area contributed by atoms with Gasteiger partial charge < -0.3 is 35.4 Å². The summed E-state index contributed by atoms with van der Waals surface area (Å²) in [7, 11) is 1.24. The molecule has 2 aliphatic heterocycles. The molecule has 18 heteroatoms. The van der Waals surface area contributed by atoms with Crippen molar-refractivity contribution in [2.75, 3.05) is 18.2 Å². The van der Waals surface area contributed by atoms with E-state index in [0.717, 1.165) is 11.3 Å². The Kier molecular flexibility index (Phi) is 11.7. The Balaban J connectivity index is 0.00000560. The van der Waals surface area contributed by atoms with Gasteiger partial charge in [0.2, 0.25) is 12.2 Å². The number of hydrogen-bond donors (Lipinski definition) is 3. The van der Waals surface area contributed by atoms with E-state index in [-0.39, 0.29) is 34.6 Å². The average Bonchev–Trinajstić information content (AvgIpc) is 3.31. The summed E-state index contributed by atoms with van der Waals surface area (Å²) in [5.41, 5.74) is 5.38. The second kappa shape index (κ2) is 14.3. The molecule has 0 aromatic carbocycles. The molecule has 220 valence electrons. The van der Waals surface area contributed by atoms with Gasteiger partial charge in [0, 0.05) is 18.1 Å². The molecule has 40 heavy (non-hydrogen) atoms. The van der Waals surface area contributed by atoms with Crippen molar-refractivity contribution in [3.05, 3.63) is 22.8 Å². The van der Waals surface area contributed by atoms with Gasteiger partial charge in [0.15, 0.2) is 10.8 Å². The maximum absolute atomic E-state index is 13.0. The first-order chi connectivity index (χ1) is 18.4. The second-order valence-electron chi connectivity index (χ2n) is 8.42. The van der Waals surface area contributed by atoms with Gasteiger partial charge in [0.1, 0.15) is 29.9 Å². The molecular weight excluding hydrogens is 592 g/mol. The van der Waals surface area contributed by atoms with Crippen LogP contribution in [0, 0.1) is 0 Å². The van der Waals surface area contributed by atoms with E-state index in [2.05, 4.69) is 20.8 Å². The lowest BCUT2D eigenvalue weighted by atomic mass is 10.0. The van der Waals surface area contributed by atoms with Crippen molar-refractivity contribution in [1.29, 1.82) is 0 Å². The Hall–Kier alpha value is -3.41. The molecule has 2 aliphatic rings. The predicted molar refractivity (Wildman–Crippen MR) is 147 cm³/mol. The predicted octanol–water partition coefficient (Wildman–Crippen LogP) is 0.936. The Morgan fingerprint density at radius 3 is 2.50 bits per heavy atom. The number of nitrogens with zero attached hydrogens (tertiary/aromatic N) is 3. The van der Waals surface area contributed by atoms with Crippen molar-refractivity contribution >= 4 is 76.2 Å². The minimum atomic E-state index is -1.27. The molecule has 0 radical (unpaired) electrons. The number of amides is 3. The van der Waals surface area contributed by atoms with Gasteiger partial charge >= 0.3 is 12.1 Å². The summed E-state index contributed by atoms with van der Waals surface area (Å²) in [5, 5.41) is 9.91. The third-order valence-electron chi connectivity index (χ3n) is 5.00. The molecular formula is C22H29ClN6O9S2. The Labute approximate surface area is 243 Å². The van der Waals surface area contributed by atoms with E-state index in [9.17, 15) is 24.0 Å². The van der Waals surface area contributed by atoms with E-state index in [4.69, 9.17) is 24.8 Å². The number of carbonyl (C=O) groups is 5. The van der Waals surface area contributed by atoms with Crippen LogP contribution < -0.4 is 16.4 Å². The van der Waals surface area contributed by atoms with E-state index in [0.29, 0.717) is 5.75 Å². The number of oxime groups is 1. The lowest BCUT2D eigenvalue weighted by molar-refractivity contribution is -0.169. The molecule has 1 aromatic heterocycles. The number of nitrogens with two attached hydrogens (primary N) is 1. The number of esters is 1. The van der Waals surface area contributed by atoms with Crippen LogP contribution in [0.15, 0.2) is 22.3 Å². The van der Waals surface area contributed by atoms with Gasteiger partial charge in [0.25, 0.3) is 11.8 Å². The largest absolute Gasteiger partial charge is 0.511 e. The Bertz CT molecular complexity index is 1210. The molecule has 3 amide bonds. The molecule has 1 aromatic rings. The van der Waals surface area contributed by atoms with Gasteiger partial charge in [-0.15, -0.1) is 35.5 Å². The van der Waals surface area contributed by atoms with E-state index >= 15 is 0 Å². The zero-order chi connectivity index (χ0) is 28.9. The average molecular weight is 621 g/mol. The van der Waals surface area contributed by atoms with Crippen LogP contribution in [0.25, 0.3) is 0 Å². The number of aromatic nitrogens is 1. The van der Waals surface area contributed by atoms with Gasteiger partial charge in [-0.3, -0.25) is 19.3 Å². The molecule has 0 bridgehead atoms. The minimum absolute atomic E-state index is 0. The zero-order valence-electron chi connectivity index (χ0n) is 22.1. The van der Waals surface area contributed by atoms with E-state index in [1.807, 2.05) is 0 Å². The molecule has 4 N–H and O–H groups in total. The van der Waals surface area contributed by atoms with Crippen molar-refractivity contribution < 1.29 is 43.0 Å². The van der Waals surface area contributed by atoms with Crippen LogP contribution in [0.3, 0.4) is 0 Å². The summed E-state index contributed by atoms with van der Waals surface area (Å²) in [5.74, 6) is -2.30. The van der Waals surface area contributed by atoms with Crippen LogP contribution in [-0.2, 0) is 38.2 Å². The quantitative estimate of drug-likeness (QED) is 0.110. The summed E-state index contributed by atoms with van der Waals surface area (Å²) in [6.45, 7) is 6.11. The van der Waals surface area contributed by atoms with Crippen LogP contribution >= 0.6 is 35.5 Å². The summed E-state index contributed by atoms with van der Waals surface area (Å²) >= 11 is 2.36. The van der Waals surface area contributed by atoms with Crippen molar-refractivity contribution in [2.24, 2.45) is 10.9 Å². The van der Waals surface area contributed by atoms with Gasteiger partial charge in [-0.2, -0.15) is 0 Å². The van der Waals surface area contributed by atoms with Crippen LogP contribution in [0.4, 0.5) is 9.93 Å². The molecule has 0 saturated carbocycles. The first-order valence-electron chi connectivity index (χ1n) is 11.6. The fourth-order valence-corrected chi connectivity index (χ4v) is 5.18. The summed E-state index contributed by atoms with van der Waals surface area (Å²) < 4.78 is 14.8. The van der Waals surface area contributed by atoms with Crippen LogP contribution in [0.1, 0.15) is 33.4 Å². The highest BCUT2D eigenvalue weighted by Crippen LogP contribution is 2.38. The highest BCUT2D eigenvalue weighted by Gasteiger charge is 2.53. The number of carbonyl (C=O) groups excluding carboxylic acids is 5. The van der Waals surface area contributed by atoms with Gasteiger partial charge in [-0.25, -0.2) is 14.6 Å². The van der Waals surface area contributed by atoms with Gasteiger partial charge in [0.05, 0.1) is 12.1 Å². The maximum atomic E-state index is 13.0. The smallest absolute Gasteiger partial charge is 0.431 e. The maximum Gasteiger partial charge on any atom is 0.511 e. The normalized spacial score (nSPS) is 19.6. The van der Waals surface area contributed by atoms with E-state index in [1.54, 1.807) is 13.8 Å². The van der Waals surface area contributed by atoms with E-state index in [1.165, 1.54) is 49.1 Å². The first-order valence-corrected chi connectivity index (χ1v) is 13.5. The Morgan fingerprint density at radius 2 is 1.88 bits per heavy atom. The SMILES string of the molecule is CON=C(C(=O)NC1C(=O)N2C(C(=O)OC(C)OC(=O)OC(C)C)=CCS[C@H]12)c1csc(NC(=O)[C@H](C)N)n1.Cl. The molecule has 3 rings (SSSR count). The number of fused-ring (bicyclic) bond motifs is 1. The number of thiazole rings is 1. The second-order valence-corrected chi connectivity index (χ2v) is 10.4. The third kappa shape index (κ3) is 7.83. The fraction of sp³-hybridized carbons (Fsp3) is 0.500. The molecule has 2 unspecified atom stereocenters.